The molecule has 114 valence electrons. The van der Waals surface area contributed by atoms with Crippen LogP contribution in [0, 0.1) is 15.9 Å². The minimum atomic E-state index is -0.888. The summed E-state index contributed by atoms with van der Waals surface area (Å²) in [5, 5.41) is 13.2. The van der Waals surface area contributed by atoms with Crippen molar-refractivity contribution in [1.29, 1.82) is 0 Å². The monoisotopic (exact) mass is 304 g/mol. The van der Waals surface area contributed by atoms with E-state index in [1.54, 1.807) is 0 Å². The third-order valence-corrected chi connectivity index (χ3v) is 2.80. The number of hydrogen-bond donors (Lipinski definition) is 1. The molecule has 0 radical (unpaired) electrons. The van der Waals surface area contributed by atoms with Crippen molar-refractivity contribution in [2.24, 2.45) is 0 Å². The van der Waals surface area contributed by atoms with Crippen molar-refractivity contribution in [3.63, 3.8) is 0 Å². The molecule has 0 fully saturated rings. The van der Waals surface area contributed by atoms with Crippen LogP contribution < -0.4 is 10.1 Å². The first-order chi connectivity index (χ1) is 10.5. The molecule has 2 aromatic carbocycles. The largest absolute Gasteiger partial charge is 0.481 e. The second-order valence-electron chi connectivity index (χ2n) is 4.51. The van der Waals surface area contributed by atoms with Gasteiger partial charge in [-0.05, 0) is 25.1 Å². The van der Waals surface area contributed by atoms with Crippen LogP contribution in [-0.2, 0) is 4.79 Å². The van der Waals surface area contributed by atoms with Gasteiger partial charge >= 0.3 is 0 Å². The summed E-state index contributed by atoms with van der Waals surface area (Å²) in [4.78, 5) is 22.1. The summed E-state index contributed by atoms with van der Waals surface area (Å²) in [6.07, 6.45) is -0.888. The molecule has 2 rings (SSSR count). The summed E-state index contributed by atoms with van der Waals surface area (Å²) in [5.74, 6) is -0.741. The lowest BCUT2D eigenvalue weighted by atomic mass is 10.2. The lowest BCUT2D eigenvalue weighted by molar-refractivity contribution is -0.384. The molecule has 0 spiro atoms. The molecule has 6 nitrogen and oxygen atoms in total. The van der Waals surface area contributed by atoms with Gasteiger partial charge in [0.1, 0.15) is 11.6 Å². The zero-order valence-corrected chi connectivity index (χ0v) is 11.7. The van der Waals surface area contributed by atoms with E-state index < -0.39 is 22.8 Å². The molecule has 0 unspecified atom stereocenters. The average molecular weight is 304 g/mol. The molecule has 0 aliphatic heterocycles. The predicted molar refractivity (Wildman–Crippen MR) is 78.2 cm³/mol. The fraction of sp³-hybridized carbons (Fsp3) is 0.133. The molecule has 7 heteroatoms. The average Bonchev–Trinajstić information content (AvgIpc) is 2.47. The first kappa shape index (κ1) is 15.4. The molecule has 1 amide bonds. The van der Waals surface area contributed by atoms with Crippen molar-refractivity contribution in [2.45, 2.75) is 13.0 Å². The van der Waals surface area contributed by atoms with E-state index in [-0.39, 0.29) is 17.1 Å². The first-order valence-corrected chi connectivity index (χ1v) is 6.43. The Labute approximate surface area is 125 Å². The molecule has 0 saturated heterocycles. The SMILES string of the molecule is C[C@@H](Oc1cccc(F)c1)C(=O)Nc1cccc([N+](=O)[O-])c1. The van der Waals surface area contributed by atoms with Crippen molar-refractivity contribution >= 4 is 17.3 Å². The zero-order chi connectivity index (χ0) is 16.1. The molecular formula is C15H13FN2O4. The van der Waals surface area contributed by atoms with E-state index in [1.807, 2.05) is 0 Å². The number of halogens is 1. The number of rotatable bonds is 5. The number of hydrogen-bond acceptors (Lipinski definition) is 4. The van der Waals surface area contributed by atoms with Crippen LogP contribution in [0.4, 0.5) is 15.8 Å². The maximum Gasteiger partial charge on any atom is 0.271 e. The topological polar surface area (TPSA) is 81.5 Å². The number of nitrogens with zero attached hydrogens (tertiary/aromatic N) is 1. The van der Waals surface area contributed by atoms with Gasteiger partial charge in [-0.3, -0.25) is 14.9 Å². The molecule has 0 saturated carbocycles. The maximum absolute atomic E-state index is 13.0. The van der Waals surface area contributed by atoms with Crippen LogP contribution in [0.3, 0.4) is 0 Å². The second kappa shape index (κ2) is 6.66. The number of amides is 1. The molecule has 0 bridgehead atoms. The number of carbonyl (C=O) groups excluding carboxylic acids is 1. The maximum atomic E-state index is 13.0. The van der Waals surface area contributed by atoms with E-state index in [9.17, 15) is 19.3 Å². The van der Waals surface area contributed by atoms with Gasteiger partial charge in [-0.1, -0.05) is 12.1 Å². The highest BCUT2D eigenvalue weighted by molar-refractivity contribution is 5.94. The van der Waals surface area contributed by atoms with Crippen LogP contribution in [0.1, 0.15) is 6.92 Å². The Hall–Kier alpha value is -2.96. The van der Waals surface area contributed by atoms with Gasteiger partial charge in [-0.25, -0.2) is 4.39 Å². The number of nitro groups is 1. The van der Waals surface area contributed by atoms with Crippen molar-refractivity contribution in [3.8, 4) is 5.75 Å². The Morgan fingerprint density at radius 1 is 1.27 bits per heavy atom. The van der Waals surface area contributed by atoms with Crippen LogP contribution in [0.15, 0.2) is 48.5 Å². The van der Waals surface area contributed by atoms with Crippen LogP contribution >= 0.6 is 0 Å². The zero-order valence-electron chi connectivity index (χ0n) is 11.7. The minimum absolute atomic E-state index is 0.128. The number of benzene rings is 2. The second-order valence-corrected chi connectivity index (χ2v) is 4.51. The molecule has 1 N–H and O–H groups in total. The van der Waals surface area contributed by atoms with Crippen LogP contribution in [0.25, 0.3) is 0 Å². The summed E-state index contributed by atoms with van der Waals surface area (Å²) < 4.78 is 18.4. The summed E-state index contributed by atoms with van der Waals surface area (Å²) in [7, 11) is 0. The molecule has 0 aliphatic carbocycles. The van der Waals surface area contributed by atoms with Crippen LogP contribution in [-0.4, -0.2) is 16.9 Å². The summed E-state index contributed by atoms with van der Waals surface area (Å²) in [6, 6.07) is 11.0. The third kappa shape index (κ3) is 4.02. The number of carbonyl (C=O) groups is 1. The molecule has 0 heterocycles. The van der Waals surface area contributed by atoms with E-state index in [0.717, 1.165) is 6.07 Å². The fourth-order valence-corrected chi connectivity index (χ4v) is 1.74. The molecule has 2 aromatic rings. The summed E-state index contributed by atoms with van der Waals surface area (Å²) in [5.41, 5.74) is 0.158. The van der Waals surface area contributed by atoms with Crippen LogP contribution in [0.2, 0.25) is 0 Å². The lowest BCUT2D eigenvalue weighted by Crippen LogP contribution is -2.30. The molecular weight excluding hydrogens is 291 g/mol. The van der Waals surface area contributed by atoms with Crippen molar-refractivity contribution in [1.82, 2.24) is 0 Å². The number of nitro benzene ring substituents is 1. The highest BCUT2D eigenvalue weighted by Crippen LogP contribution is 2.18. The molecule has 22 heavy (non-hydrogen) atoms. The van der Waals surface area contributed by atoms with E-state index in [0.29, 0.717) is 0 Å². The molecule has 0 aromatic heterocycles. The van der Waals surface area contributed by atoms with Gasteiger partial charge in [-0.15, -0.1) is 0 Å². The van der Waals surface area contributed by atoms with E-state index in [2.05, 4.69) is 5.32 Å². The van der Waals surface area contributed by atoms with E-state index in [1.165, 1.54) is 49.4 Å². The van der Waals surface area contributed by atoms with Crippen molar-refractivity contribution < 1.29 is 18.8 Å². The predicted octanol–water partition coefficient (Wildman–Crippen LogP) is 3.14. The van der Waals surface area contributed by atoms with Gasteiger partial charge < -0.3 is 10.1 Å². The van der Waals surface area contributed by atoms with Gasteiger partial charge in [0.2, 0.25) is 0 Å². The lowest BCUT2D eigenvalue weighted by Gasteiger charge is -2.14. The van der Waals surface area contributed by atoms with Gasteiger partial charge in [-0.2, -0.15) is 0 Å². The highest BCUT2D eigenvalue weighted by Gasteiger charge is 2.16. The van der Waals surface area contributed by atoms with E-state index >= 15 is 0 Å². The number of nitrogens with one attached hydrogen (secondary N) is 1. The van der Waals surface area contributed by atoms with Gasteiger partial charge in [0.05, 0.1) is 4.92 Å². The van der Waals surface area contributed by atoms with Gasteiger partial charge in [0.25, 0.3) is 11.6 Å². The summed E-state index contributed by atoms with van der Waals surface area (Å²) in [6.45, 7) is 1.50. The number of ether oxygens (including phenoxy) is 1. The van der Waals surface area contributed by atoms with Crippen molar-refractivity contribution in [3.05, 3.63) is 64.5 Å². The van der Waals surface area contributed by atoms with Crippen molar-refractivity contribution in [2.75, 3.05) is 5.32 Å². The smallest absolute Gasteiger partial charge is 0.271 e. The molecule has 0 aliphatic rings. The Morgan fingerprint density at radius 2 is 2.00 bits per heavy atom. The first-order valence-electron chi connectivity index (χ1n) is 6.43. The number of anilines is 1. The normalized spacial score (nSPS) is 11.5. The standard InChI is InChI=1S/C15H13FN2O4/c1-10(22-14-7-2-4-11(16)8-14)15(19)17-12-5-3-6-13(9-12)18(20)21/h2-10H,1H3,(H,17,19)/t10-/m1/s1. The Bertz CT molecular complexity index is 705. The van der Waals surface area contributed by atoms with Gasteiger partial charge in [0, 0.05) is 23.9 Å². The third-order valence-electron chi connectivity index (χ3n) is 2.80. The molecule has 1 atom stereocenters. The quantitative estimate of drug-likeness (QED) is 0.679. The fourth-order valence-electron chi connectivity index (χ4n) is 1.74. The van der Waals surface area contributed by atoms with E-state index in [4.69, 9.17) is 4.74 Å². The minimum Gasteiger partial charge on any atom is -0.481 e. The van der Waals surface area contributed by atoms with Crippen LogP contribution in [0.5, 0.6) is 5.75 Å². The van der Waals surface area contributed by atoms with Gasteiger partial charge in [0.15, 0.2) is 6.10 Å². The summed E-state index contributed by atoms with van der Waals surface area (Å²) >= 11 is 0. The number of non-ortho nitro benzene ring substituents is 1. The Morgan fingerprint density at radius 3 is 2.68 bits per heavy atom. The highest BCUT2D eigenvalue weighted by atomic mass is 19.1. The Balaban J connectivity index is 2.02. The Kier molecular flexibility index (Phi) is 4.67.